The van der Waals surface area contributed by atoms with Gasteiger partial charge in [-0.3, -0.25) is 10.1 Å². The van der Waals surface area contributed by atoms with E-state index in [1.165, 1.54) is 6.07 Å². The van der Waals surface area contributed by atoms with Gasteiger partial charge in [-0.2, -0.15) is 0 Å². The summed E-state index contributed by atoms with van der Waals surface area (Å²) in [6.45, 7) is 0.415. The number of benzene rings is 1. The smallest absolute Gasteiger partial charge is 0.276 e. The first-order valence-corrected chi connectivity index (χ1v) is 4.45. The number of rotatable bonds is 4. The van der Waals surface area contributed by atoms with Crippen LogP contribution < -0.4 is 5.73 Å². The van der Waals surface area contributed by atoms with E-state index in [-0.39, 0.29) is 11.4 Å². The number of hydrogen-bond acceptors (Lipinski definition) is 5. The Morgan fingerprint density at radius 3 is 2.47 bits per heavy atom. The van der Waals surface area contributed by atoms with Gasteiger partial charge in [0.05, 0.1) is 11.0 Å². The van der Waals surface area contributed by atoms with Crippen molar-refractivity contribution in [3.8, 4) is 11.5 Å². The zero-order chi connectivity index (χ0) is 11.4. The number of nitro groups is 1. The van der Waals surface area contributed by atoms with Gasteiger partial charge >= 0.3 is 0 Å². The van der Waals surface area contributed by atoms with E-state index in [0.29, 0.717) is 24.9 Å². The second-order valence-corrected chi connectivity index (χ2v) is 3.12. The second-order valence-electron chi connectivity index (χ2n) is 3.12. The molecule has 0 spiro atoms. The lowest BCUT2D eigenvalue weighted by molar-refractivity contribution is -0.385. The zero-order valence-corrected chi connectivity index (χ0v) is 8.01. The van der Waals surface area contributed by atoms with Crippen LogP contribution in [0.4, 0.5) is 5.69 Å². The average Bonchev–Trinajstić information content (AvgIpc) is 2.19. The number of phenolic OH excluding ortho intramolecular Hbond substituents is 2. The highest BCUT2D eigenvalue weighted by atomic mass is 16.6. The maximum atomic E-state index is 10.6. The van der Waals surface area contributed by atoms with Crippen LogP contribution in [0.15, 0.2) is 12.1 Å². The molecule has 0 atom stereocenters. The van der Waals surface area contributed by atoms with Crippen molar-refractivity contribution in [2.24, 2.45) is 5.73 Å². The standard InChI is InChI=1S/C9H12N2O4/c10-3-1-2-6-4-8(12)9(13)5-7(6)11(14)15/h4-5,12-13H,1-3,10H2. The molecule has 1 aromatic carbocycles. The first-order chi connectivity index (χ1) is 7.06. The molecule has 0 fully saturated rings. The van der Waals surface area contributed by atoms with Crippen LogP contribution in [0.3, 0.4) is 0 Å². The van der Waals surface area contributed by atoms with E-state index < -0.39 is 10.7 Å². The number of nitro benzene ring substituents is 1. The third-order valence-electron chi connectivity index (χ3n) is 2.02. The van der Waals surface area contributed by atoms with Gasteiger partial charge in [-0.1, -0.05) is 0 Å². The number of aromatic hydroxyl groups is 2. The predicted octanol–water partition coefficient (Wildman–Crippen LogP) is 0.897. The molecule has 0 radical (unpaired) electrons. The molecule has 1 rings (SSSR count). The Morgan fingerprint density at radius 1 is 1.33 bits per heavy atom. The maximum Gasteiger partial charge on any atom is 0.276 e. The van der Waals surface area contributed by atoms with Gasteiger partial charge in [-0.05, 0) is 25.5 Å². The molecule has 0 aromatic heterocycles. The molecule has 4 N–H and O–H groups in total. The fourth-order valence-corrected chi connectivity index (χ4v) is 1.27. The monoisotopic (exact) mass is 212 g/mol. The lowest BCUT2D eigenvalue weighted by atomic mass is 10.1. The Morgan fingerprint density at radius 2 is 1.93 bits per heavy atom. The summed E-state index contributed by atoms with van der Waals surface area (Å²) in [5, 5.41) is 29.0. The van der Waals surface area contributed by atoms with E-state index in [9.17, 15) is 15.2 Å². The SMILES string of the molecule is NCCCc1cc(O)c(O)cc1[N+](=O)[O-]. The third-order valence-corrected chi connectivity index (χ3v) is 2.02. The van der Waals surface area contributed by atoms with Gasteiger partial charge in [-0.15, -0.1) is 0 Å². The summed E-state index contributed by atoms with van der Waals surface area (Å²) >= 11 is 0. The fraction of sp³-hybridized carbons (Fsp3) is 0.333. The van der Waals surface area contributed by atoms with Crippen molar-refractivity contribution in [3.05, 3.63) is 27.8 Å². The molecule has 0 aliphatic heterocycles. The highest BCUT2D eigenvalue weighted by Crippen LogP contribution is 2.33. The molecule has 6 nitrogen and oxygen atoms in total. The van der Waals surface area contributed by atoms with Crippen molar-refractivity contribution >= 4 is 5.69 Å². The minimum Gasteiger partial charge on any atom is -0.504 e. The Kier molecular flexibility index (Phi) is 3.46. The van der Waals surface area contributed by atoms with Gasteiger partial charge in [0.2, 0.25) is 0 Å². The zero-order valence-electron chi connectivity index (χ0n) is 8.01. The lowest BCUT2D eigenvalue weighted by Gasteiger charge is -2.04. The third kappa shape index (κ3) is 2.57. The Bertz CT molecular complexity index is 379. The van der Waals surface area contributed by atoms with Gasteiger partial charge in [0, 0.05) is 5.56 Å². The first-order valence-electron chi connectivity index (χ1n) is 4.45. The second kappa shape index (κ2) is 4.61. The van der Waals surface area contributed by atoms with Crippen LogP contribution in [0.2, 0.25) is 0 Å². The minimum absolute atomic E-state index is 0.196. The van der Waals surface area contributed by atoms with Crippen LogP contribution in [0.1, 0.15) is 12.0 Å². The summed E-state index contributed by atoms with van der Waals surface area (Å²) in [5.41, 5.74) is 5.47. The van der Waals surface area contributed by atoms with Crippen LogP contribution in [0.5, 0.6) is 11.5 Å². The Balaban J connectivity index is 3.10. The number of phenols is 2. The lowest BCUT2D eigenvalue weighted by Crippen LogP contribution is -2.02. The highest BCUT2D eigenvalue weighted by Gasteiger charge is 2.16. The summed E-state index contributed by atoms with van der Waals surface area (Å²) in [6.07, 6.45) is 0.992. The van der Waals surface area contributed by atoms with Crippen molar-refractivity contribution in [1.82, 2.24) is 0 Å². The van der Waals surface area contributed by atoms with Crippen LogP contribution in [-0.2, 0) is 6.42 Å². The molecule has 0 saturated heterocycles. The largest absolute Gasteiger partial charge is 0.504 e. The predicted molar refractivity (Wildman–Crippen MR) is 53.8 cm³/mol. The van der Waals surface area contributed by atoms with Crippen molar-refractivity contribution in [1.29, 1.82) is 0 Å². The minimum atomic E-state index is -0.592. The average molecular weight is 212 g/mol. The van der Waals surface area contributed by atoms with Crippen LogP contribution in [0.25, 0.3) is 0 Å². The first kappa shape index (κ1) is 11.3. The molecular weight excluding hydrogens is 200 g/mol. The van der Waals surface area contributed by atoms with E-state index in [1.54, 1.807) is 0 Å². The van der Waals surface area contributed by atoms with Crippen molar-refractivity contribution in [3.63, 3.8) is 0 Å². The topological polar surface area (TPSA) is 110 Å². The summed E-state index contributed by atoms with van der Waals surface area (Å²) in [7, 11) is 0. The Labute approximate surface area is 86.1 Å². The van der Waals surface area contributed by atoms with E-state index in [2.05, 4.69) is 0 Å². The Hall–Kier alpha value is -1.82. The van der Waals surface area contributed by atoms with Gasteiger partial charge in [-0.25, -0.2) is 0 Å². The summed E-state index contributed by atoms with van der Waals surface area (Å²) in [6, 6.07) is 2.14. The van der Waals surface area contributed by atoms with Crippen molar-refractivity contribution in [2.45, 2.75) is 12.8 Å². The van der Waals surface area contributed by atoms with Crippen LogP contribution >= 0.6 is 0 Å². The van der Waals surface area contributed by atoms with Crippen LogP contribution in [-0.4, -0.2) is 21.7 Å². The fourth-order valence-electron chi connectivity index (χ4n) is 1.27. The molecule has 6 heteroatoms. The van der Waals surface area contributed by atoms with Gasteiger partial charge in [0.1, 0.15) is 0 Å². The summed E-state index contributed by atoms with van der Waals surface area (Å²) in [4.78, 5) is 10.0. The molecule has 0 bridgehead atoms. The molecule has 0 heterocycles. The number of aryl methyl sites for hydroxylation is 1. The summed E-state index contributed by atoms with van der Waals surface area (Å²) in [5.74, 6) is -0.842. The number of hydrogen-bond donors (Lipinski definition) is 3. The molecule has 15 heavy (non-hydrogen) atoms. The normalized spacial score (nSPS) is 10.2. The highest BCUT2D eigenvalue weighted by molar-refractivity contribution is 5.52. The van der Waals surface area contributed by atoms with E-state index in [4.69, 9.17) is 10.8 Å². The molecule has 0 aliphatic carbocycles. The number of nitrogens with two attached hydrogens (primary N) is 1. The van der Waals surface area contributed by atoms with Crippen molar-refractivity contribution in [2.75, 3.05) is 6.54 Å². The molecule has 0 amide bonds. The molecule has 0 aliphatic rings. The molecule has 0 unspecified atom stereocenters. The van der Waals surface area contributed by atoms with Gasteiger partial charge in [0.15, 0.2) is 11.5 Å². The van der Waals surface area contributed by atoms with Gasteiger partial charge < -0.3 is 15.9 Å². The van der Waals surface area contributed by atoms with E-state index >= 15 is 0 Å². The van der Waals surface area contributed by atoms with Gasteiger partial charge in [0.25, 0.3) is 5.69 Å². The molecular formula is C9H12N2O4. The van der Waals surface area contributed by atoms with Crippen molar-refractivity contribution < 1.29 is 15.1 Å². The summed E-state index contributed by atoms with van der Waals surface area (Å²) < 4.78 is 0. The van der Waals surface area contributed by atoms with E-state index in [1.807, 2.05) is 0 Å². The quantitative estimate of drug-likeness (QED) is 0.390. The molecule has 0 saturated carbocycles. The molecule has 82 valence electrons. The number of nitrogens with zero attached hydrogens (tertiary/aromatic N) is 1. The maximum absolute atomic E-state index is 10.6. The van der Waals surface area contributed by atoms with Crippen LogP contribution in [0, 0.1) is 10.1 Å². The molecule has 1 aromatic rings. The van der Waals surface area contributed by atoms with E-state index in [0.717, 1.165) is 6.07 Å².